The molecular formula is C22H32N4O2. The summed E-state index contributed by atoms with van der Waals surface area (Å²) in [6.45, 7) is 2.47. The lowest BCUT2D eigenvalue weighted by Gasteiger charge is -2.26. The highest BCUT2D eigenvalue weighted by atomic mass is 16.2. The highest BCUT2D eigenvalue weighted by molar-refractivity contribution is 5.88. The summed E-state index contributed by atoms with van der Waals surface area (Å²) >= 11 is 0. The number of carbonyl (C=O) groups is 2. The first-order valence-corrected chi connectivity index (χ1v) is 10.7. The highest BCUT2D eigenvalue weighted by Crippen LogP contribution is 2.41. The summed E-state index contributed by atoms with van der Waals surface area (Å²) in [5, 5.41) is 9.96. The van der Waals surface area contributed by atoms with Crippen LogP contribution in [0.5, 0.6) is 0 Å². The van der Waals surface area contributed by atoms with Gasteiger partial charge in [0.05, 0.1) is 0 Å². The summed E-state index contributed by atoms with van der Waals surface area (Å²) < 4.78 is 0. The SMILES string of the molecule is Cc1cccc2c1NC(C(=O)NC1C3CCC(NC(=O)CCN)CC1CC3)C2. The molecule has 152 valence electrons. The minimum absolute atomic E-state index is 0.0501. The van der Waals surface area contributed by atoms with Crippen LogP contribution in [-0.4, -0.2) is 36.5 Å². The molecule has 1 aromatic rings. The largest absolute Gasteiger partial charge is 0.373 e. The topological polar surface area (TPSA) is 96.2 Å². The van der Waals surface area contributed by atoms with Crippen molar-refractivity contribution in [1.29, 1.82) is 0 Å². The molecule has 1 heterocycles. The molecule has 2 fully saturated rings. The molecule has 5 atom stereocenters. The van der Waals surface area contributed by atoms with Gasteiger partial charge in [0.1, 0.15) is 6.04 Å². The Labute approximate surface area is 167 Å². The van der Waals surface area contributed by atoms with Crippen LogP contribution in [0.4, 0.5) is 5.69 Å². The lowest BCUT2D eigenvalue weighted by molar-refractivity contribution is -0.123. The number of hydrogen-bond acceptors (Lipinski definition) is 4. The van der Waals surface area contributed by atoms with E-state index in [1.165, 1.54) is 17.5 Å². The van der Waals surface area contributed by atoms with Crippen molar-refractivity contribution in [2.24, 2.45) is 17.6 Å². The second-order valence-corrected chi connectivity index (χ2v) is 8.76. The second-order valence-electron chi connectivity index (χ2n) is 8.76. The summed E-state index contributed by atoms with van der Waals surface area (Å²) in [5.41, 5.74) is 9.03. The molecule has 4 rings (SSSR count). The van der Waals surface area contributed by atoms with Crippen LogP contribution in [0.3, 0.4) is 0 Å². The van der Waals surface area contributed by atoms with Crippen molar-refractivity contribution >= 4 is 17.5 Å². The third-order valence-electron chi connectivity index (χ3n) is 6.86. The first kappa shape index (κ1) is 19.2. The van der Waals surface area contributed by atoms with Gasteiger partial charge in [-0.15, -0.1) is 0 Å². The third-order valence-corrected chi connectivity index (χ3v) is 6.86. The van der Waals surface area contributed by atoms with Crippen molar-refractivity contribution in [3.05, 3.63) is 29.3 Å². The number of rotatable bonds is 5. The normalized spacial score (nSPS) is 30.9. The molecule has 5 unspecified atom stereocenters. The summed E-state index contributed by atoms with van der Waals surface area (Å²) in [6.07, 6.45) is 6.46. The lowest BCUT2D eigenvalue weighted by atomic mass is 9.95. The average molecular weight is 385 g/mol. The molecule has 28 heavy (non-hydrogen) atoms. The standard InChI is InChI=1S/C22H32N4O2/c1-13-3-2-4-15-12-18(25-20(13)15)22(28)26-21-14-5-6-16(21)11-17(8-7-14)24-19(27)9-10-23/h2-4,14,16-18,21,25H,5-12,23H2,1H3,(H,24,27)(H,26,28). The minimum atomic E-state index is -0.182. The number of fused-ring (bicyclic) bond motifs is 3. The van der Waals surface area contributed by atoms with E-state index in [0.717, 1.165) is 37.8 Å². The molecule has 0 radical (unpaired) electrons. The average Bonchev–Trinajstić information content (AvgIpc) is 3.20. The monoisotopic (exact) mass is 384 g/mol. The molecule has 2 amide bonds. The fourth-order valence-corrected chi connectivity index (χ4v) is 5.43. The molecule has 0 saturated heterocycles. The zero-order valence-electron chi connectivity index (χ0n) is 16.7. The summed E-state index contributed by atoms with van der Waals surface area (Å²) in [5.74, 6) is 1.14. The second kappa shape index (κ2) is 8.11. The van der Waals surface area contributed by atoms with E-state index in [-0.39, 0.29) is 29.9 Å². The van der Waals surface area contributed by atoms with Gasteiger partial charge >= 0.3 is 0 Å². The van der Waals surface area contributed by atoms with E-state index in [1.807, 2.05) is 0 Å². The van der Waals surface area contributed by atoms with Crippen LogP contribution in [0.1, 0.15) is 49.7 Å². The highest BCUT2D eigenvalue weighted by Gasteiger charge is 2.42. The Morgan fingerprint density at radius 3 is 2.71 bits per heavy atom. The number of nitrogens with two attached hydrogens (primary N) is 1. The Balaban J connectivity index is 1.37. The quantitative estimate of drug-likeness (QED) is 0.623. The van der Waals surface area contributed by atoms with Gasteiger partial charge in [-0.3, -0.25) is 9.59 Å². The molecule has 0 aromatic heterocycles. The zero-order valence-corrected chi connectivity index (χ0v) is 16.7. The maximum Gasteiger partial charge on any atom is 0.243 e. The van der Waals surface area contributed by atoms with Gasteiger partial charge < -0.3 is 21.7 Å². The Morgan fingerprint density at radius 2 is 1.93 bits per heavy atom. The molecule has 2 aliphatic carbocycles. The van der Waals surface area contributed by atoms with Gasteiger partial charge in [0, 0.05) is 37.2 Å². The van der Waals surface area contributed by atoms with Gasteiger partial charge in [-0.25, -0.2) is 0 Å². The molecule has 6 nitrogen and oxygen atoms in total. The van der Waals surface area contributed by atoms with Gasteiger partial charge in [-0.2, -0.15) is 0 Å². The Kier molecular flexibility index (Phi) is 5.58. The fourth-order valence-electron chi connectivity index (χ4n) is 5.43. The predicted molar refractivity (Wildman–Crippen MR) is 110 cm³/mol. The van der Waals surface area contributed by atoms with Crippen molar-refractivity contribution < 1.29 is 9.59 Å². The lowest BCUT2D eigenvalue weighted by Crippen LogP contribution is -2.47. The van der Waals surface area contributed by atoms with E-state index in [9.17, 15) is 9.59 Å². The zero-order chi connectivity index (χ0) is 19.7. The van der Waals surface area contributed by atoms with Crippen LogP contribution in [-0.2, 0) is 16.0 Å². The van der Waals surface area contributed by atoms with Crippen LogP contribution in [0.2, 0.25) is 0 Å². The number of amides is 2. The van der Waals surface area contributed by atoms with Crippen LogP contribution in [0, 0.1) is 18.8 Å². The van der Waals surface area contributed by atoms with E-state index in [4.69, 9.17) is 5.73 Å². The number of hydrogen-bond donors (Lipinski definition) is 4. The van der Waals surface area contributed by atoms with Crippen molar-refractivity contribution in [2.45, 2.75) is 70.0 Å². The minimum Gasteiger partial charge on any atom is -0.373 e. The first-order chi connectivity index (χ1) is 13.5. The van der Waals surface area contributed by atoms with Crippen LogP contribution in [0.25, 0.3) is 0 Å². The summed E-state index contributed by atoms with van der Waals surface area (Å²) in [6, 6.07) is 6.50. The first-order valence-electron chi connectivity index (χ1n) is 10.7. The van der Waals surface area contributed by atoms with Crippen molar-refractivity contribution in [1.82, 2.24) is 10.6 Å². The molecule has 2 bridgehead atoms. The van der Waals surface area contributed by atoms with Crippen LogP contribution < -0.4 is 21.7 Å². The predicted octanol–water partition coefficient (Wildman–Crippen LogP) is 1.86. The van der Waals surface area contributed by atoms with Gasteiger partial charge in [0.15, 0.2) is 0 Å². The van der Waals surface area contributed by atoms with Gasteiger partial charge in [-0.1, -0.05) is 18.2 Å². The number of para-hydroxylation sites is 1. The molecular weight excluding hydrogens is 352 g/mol. The smallest absolute Gasteiger partial charge is 0.243 e. The maximum absolute atomic E-state index is 13.0. The number of carbonyl (C=O) groups excluding carboxylic acids is 2. The maximum atomic E-state index is 13.0. The summed E-state index contributed by atoms with van der Waals surface area (Å²) in [4.78, 5) is 24.9. The third kappa shape index (κ3) is 3.88. The van der Waals surface area contributed by atoms with Crippen LogP contribution in [0.15, 0.2) is 18.2 Å². The molecule has 6 heteroatoms. The number of benzene rings is 1. The molecule has 1 aliphatic heterocycles. The fraction of sp³-hybridized carbons (Fsp3) is 0.636. The Bertz CT molecular complexity index is 750. The van der Waals surface area contributed by atoms with Crippen molar-refractivity contribution in [3.8, 4) is 0 Å². The van der Waals surface area contributed by atoms with Crippen molar-refractivity contribution in [3.63, 3.8) is 0 Å². The van der Waals surface area contributed by atoms with Gasteiger partial charge in [0.25, 0.3) is 0 Å². The van der Waals surface area contributed by atoms with E-state index in [0.29, 0.717) is 24.8 Å². The number of nitrogens with one attached hydrogen (secondary N) is 3. The molecule has 3 aliphatic rings. The number of aryl methyl sites for hydroxylation is 1. The van der Waals surface area contributed by atoms with Crippen molar-refractivity contribution in [2.75, 3.05) is 11.9 Å². The molecule has 5 N–H and O–H groups in total. The molecule has 0 spiro atoms. The van der Waals surface area contributed by atoms with E-state index in [2.05, 4.69) is 41.1 Å². The molecule has 2 saturated carbocycles. The number of anilines is 1. The van der Waals surface area contributed by atoms with Gasteiger partial charge in [0.2, 0.25) is 11.8 Å². The van der Waals surface area contributed by atoms with Gasteiger partial charge in [-0.05, 0) is 62.0 Å². The van der Waals surface area contributed by atoms with E-state index in [1.54, 1.807) is 0 Å². The van der Waals surface area contributed by atoms with E-state index < -0.39 is 0 Å². The Hall–Kier alpha value is -2.08. The van der Waals surface area contributed by atoms with E-state index >= 15 is 0 Å². The summed E-state index contributed by atoms with van der Waals surface area (Å²) in [7, 11) is 0. The van der Waals surface area contributed by atoms with Crippen LogP contribution >= 0.6 is 0 Å². The Morgan fingerprint density at radius 1 is 1.14 bits per heavy atom. The molecule has 1 aromatic carbocycles.